The summed E-state index contributed by atoms with van der Waals surface area (Å²) >= 11 is 0. The van der Waals surface area contributed by atoms with Gasteiger partial charge in [-0.25, -0.2) is 9.97 Å². The van der Waals surface area contributed by atoms with E-state index in [0.717, 1.165) is 65.3 Å². The van der Waals surface area contributed by atoms with Gasteiger partial charge in [0.2, 0.25) is 5.91 Å². The predicted octanol–water partition coefficient (Wildman–Crippen LogP) is 5.45. The highest BCUT2D eigenvalue weighted by Gasteiger charge is 2.31. The van der Waals surface area contributed by atoms with E-state index in [1.54, 1.807) is 6.08 Å². The molecule has 5 rings (SSSR count). The molecule has 3 heterocycles. The van der Waals surface area contributed by atoms with E-state index in [9.17, 15) is 4.79 Å². The van der Waals surface area contributed by atoms with Crippen molar-refractivity contribution in [1.29, 1.82) is 0 Å². The van der Waals surface area contributed by atoms with Gasteiger partial charge in [-0.05, 0) is 63.2 Å². The molecule has 2 aromatic heterocycles. The third-order valence-corrected chi connectivity index (χ3v) is 7.30. The minimum Gasteiger partial charge on any atom is -0.457 e. The SMILES string of the molecule is CCCN(C)C/C=C/C(=O)N1CC[C@@H](n2c(C)c(-c3ccc(Oc4ccccc4)cc3)c3c(N)ncnc32)C1. The van der Waals surface area contributed by atoms with Crippen LogP contribution < -0.4 is 10.5 Å². The van der Waals surface area contributed by atoms with E-state index in [1.807, 2.05) is 65.6 Å². The van der Waals surface area contributed by atoms with E-state index in [0.29, 0.717) is 18.9 Å². The highest BCUT2D eigenvalue weighted by molar-refractivity contribution is 6.02. The summed E-state index contributed by atoms with van der Waals surface area (Å²) in [5.74, 6) is 2.06. The molecule has 2 aromatic carbocycles. The number of carbonyl (C=O) groups excluding carboxylic acids is 1. The number of fused-ring (bicyclic) bond motifs is 1. The molecule has 4 aromatic rings. The molecule has 0 unspecified atom stereocenters. The van der Waals surface area contributed by atoms with Crippen LogP contribution in [-0.2, 0) is 4.79 Å². The second-order valence-electron chi connectivity index (χ2n) is 10.1. The molecular formula is C31H36N6O2. The van der Waals surface area contributed by atoms with Crippen LogP contribution in [0.15, 0.2) is 73.1 Å². The van der Waals surface area contributed by atoms with Crippen LogP contribution in [0.5, 0.6) is 11.5 Å². The van der Waals surface area contributed by atoms with Crippen LogP contribution in [0.1, 0.15) is 31.5 Å². The number of likely N-dealkylation sites (N-methyl/N-ethyl adjacent to an activating group) is 1. The number of para-hydroxylation sites is 1. The van der Waals surface area contributed by atoms with Gasteiger partial charge < -0.3 is 24.8 Å². The fraction of sp³-hybridized carbons (Fsp3) is 0.323. The first-order valence-electron chi connectivity index (χ1n) is 13.5. The number of amides is 1. The summed E-state index contributed by atoms with van der Waals surface area (Å²) in [5.41, 5.74) is 10.3. The van der Waals surface area contributed by atoms with Gasteiger partial charge in [0.1, 0.15) is 29.3 Å². The topological polar surface area (TPSA) is 89.5 Å². The first-order valence-corrected chi connectivity index (χ1v) is 13.5. The van der Waals surface area contributed by atoms with Crippen LogP contribution in [0.2, 0.25) is 0 Å². The molecule has 0 aliphatic carbocycles. The molecule has 1 fully saturated rings. The number of hydrogen-bond acceptors (Lipinski definition) is 6. The maximum Gasteiger partial charge on any atom is 0.246 e. The molecule has 0 bridgehead atoms. The van der Waals surface area contributed by atoms with Crippen molar-refractivity contribution in [3.8, 4) is 22.6 Å². The Morgan fingerprint density at radius 3 is 2.62 bits per heavy atom. The minimum atomic E-state index is 0.0554. The van der Waals surface area contributed by atoms with E-state index >= 15 is 0 Å². The molecule has 202 valence electrons. The van der Waals surface area contributed by atoms with Gasteiger partial charge in [0.05, 0.1) is 11.4 Å². The molecule has 1 atom stereocenters. The second-order valence-corrected chi connectivity index (χ2v) is 10.1. The van der Waals surface area contributed by atoms with Crippen molar-refractivity contribution >= 4 is 22.8 Å². The normalized spacial score (nSPS) is 15.6. The molecule has 2 N–H and O–H groups in total. The molecule has 39 heavy (non-hydrogen) atoms. The fourth-order valence-corrected chi connectivity index (χ4v) is 5.45. The zero-order chi connectivity index (χ0) is 27.4. The number of ether oxygens (including phenoxy) is 1. The largest absolute Gasteiger partial charge is 0.457 e. The lowest BCUT2D eigenvalue weighted by molar-refractivity contribution is -0.125. The lowest BCUT2D eigenvalue weighted by atomic mass is 10.0. The number of hydrogen-bond donors (Lipinski definition) is 1. The Labute approximate surface area is 229 Å². The summed E-state index contributed by atoms with van der Waals surface area (Å²) in [6.07, 6.45) is 7.13. The standard InChI is InChI=1S/C31H36N6O2/c1-4-17-35(3)18-8-11-27(38)36-19-16-24(20-36)37-22(2)28(29-30(32)33-21-34-31(29)37)23-12-14-26(15-13-23)39-25-9-6-5-7-10-25/h5-15,21,24H,4,16-20H2,1-3H3,(H2,32,33,34)/b11-8+/t24-/m1/s1. The van der Waals surface area contributed by atoms with Crippen molar-refractivity contribution in [2.24, 2.45) is 0 Å². The molecule has 0 saturated carbocycles. The summed E-state index contributed by atoms with van der Waals surface area (Å²) in [6, 6.07) is 17.8. The molecule has 0 spiro atoms. The van der Waals surface area contributed by atoms with Crippen LogP contribution in [-0.4, -0.2) is 63.5 Å². The number of nitrogen functional groups attached to an aromatic ring is 1. The Morgan fingerprint density at radius 1 is 1.13 bits per heavy atom. The molecule has 1 amide bonds. The number of rotatable bonds is 9. The van der Waals surface area contributed by atoms with E-state index in [-0.39, 0.29) is 11.9 Å². The average Bonchev–Trinajstić information content (AvgIpc) is 3.53. The zero-order valence-corrected chi connectivity index (χ0v) is 22.9. The Bertz CT molecular complexity index is 1460. The number of benzene rings is 2. The number of aromatic nitrogens is 3. The predicted molar refractivity (Wildman–Crippen MR) is 156 cm³/mol. The molecule has 8 nitrogen and oxygen atoms in total. The monoisotopic (exact) mass is 524 g/mol. The van der Waals surface area contributed by atoms with Crippen LogP contribution in [0.4, 0.5) is 5.82 Å². The molecule has 1 aliphatic rings. The van der Waals surface area contributed by atoms with Gasteiger partial charge >= 0.3 is 0 Å². The van der Waals surface area contributed by atoms with Crippen LogP contribution >= 0.6 is 0 Å². The van der Waals surface area contributed by atoms with Crippen LogP contribution in [0, 0.1) is 6.92 Å². The highest BCUT2D eigenvalue weighted by Crippen LogP contribution is 2.40. The maximum absolute atomic E-state index is 12.9. The zero-order valence-electron chi connectivity index (χ0n) is 22.9. The summed E-state index contributed by atoms with van der Waals surface area (Å²) in [4.78, 5) is 26.0. The van der Waals surface area contributed by atoms with Crippen molar-refractivity contribution in [1.82, 2.24) is 24.3 Å². The van der Waals surface area contributed by atoms with Gasteiger partial charge in [-0.15, -0.1) is 0 Å². The average molecular weight is 525 g/mol. The first-order chi connectivity index (χ1) is 19.0. The van der Waals surface area contributed by atoms with Crippen molar-refractivity contribution in [3.05, 3.63) is 78.8 Å². The van der Waals surface area contributed by atoms with Crippen molar-refractivity contribution in [2.45, 2.75) is 32.7 Å². The molecule has 1 saturated heterocycles. The van der Waals surface area contributed by atoms with E-state index in [1.165, 1.54) is 6.33 Å². The summed E-state index contributed by atoms with van der Waals surface area (Å²) in [5, 5.41) is 0.843. The van der Waals surface area contributed by atoms with Crippen molar-refractivity contribution < 1.29 is 9.53 Å². The number of nitrogens with zero attached hydrogens (tertiary/aromatic N) is 5. The number of carbonyl (C=O) groups is 1. The molecule has 0 radical (unpaired) electrons. The smallest absolute Gasteiger partial charge is 0.246 e. The third kappa shape index (κ3) is 5.66. The molecule has 8 heteroatoms. The van der Waals surface area contributed by atoms with Gasteiger partial charge in [-0.1, -0.05) is 43.3 Å². The van der Waals surface area contributed by atoms with Crippen LogP contribution in [0.3, 0.4) is 0 Å². The Balaban J connectivity index is 1.40. The molecular weight excluding hydrogens is 488 g/mol. The summed E-state index contributed by atoms with van der Waals surface area (Å²) in [7, 11) is 2.07. The first kappa shape index (κ1) is 26.4. The van der Waals surface area contributed by atoms with Crippen molar-refractivity contribution in [3.63, 3.8) is 0 Å². The van der Waals surface area contributed by atoms with Gasteiger partial charge in [-0.3, -0.25) is 4.79 Å². The summed E-state index contributed by atoms with van der Waals surface area (Å²) in [6.45, 7) is 7.37. The number of nitrogens with two attached hydrogens (primary N) is 1. The lowest BCUT2D eigenvalue weighted by Gasteiger charge is -2.18. The Kier molecular flexibility index (Phi) is 7.93. The number of likely N-dealkylation sites (tertiary alicyclic amines) is 1. The Hall–Kier alpha value is -4.17. The lowest BCUT2D eigenvalue weighted by Crippen LogP contribution is -2.28. The highest BCUT2D eigenvalue weighted by atomic mass is 16.5. The second kappa shape index (κ2) is 11.7. The minimum absolute atomic E-state index is 0.0554. The number of anilines is 1. The summed E-state index contributed by atoms with van der Waals surface area (Å²) < 4.78 is 8.22. The van der Waals surface area contributed by atoms with E-state index in [4.69, 9.17) is 10.5 Å². The van der Waals surface area contributed by atoms with Gasteiger partial charge in [0.15, 0.2) is 0 Å². The van der Waals surface area contributed by atoms with E-state index in [2.05, 4.69) is 40.3 Å². The van der Waals surface area contributed by atoms with Crippen LogP contribution in [0.25, 0.3) is 22.2 Å². The third-order valence-electron chi connectivity index (χ3n) is 7.30. The van der Waals surface area contributed by atoms with Gasteiger partial charge in [0.25, 0.3) is 0 Å². The van der Waals surface area contributed by atoms with Gasteiger partial charge in [-0.2, -0.15) is 0 Å². The fourth-order valence-electron chi connectivity index (χ4n) is 5.45. The molecule has 1 aliphatic heterocycles. The van der Waals surface area contributed by atoms with Gasteiger partial charge in [0, 0.05) is 37.0 Å². The Morgan fingerprint density at radius 2 is 1.87 bits per heavy atom. The quantitative estimate of drug-likeness (QED) is 0.293. The maximum atomic E-state index is 12.9. The van der Waals surface area contributed by atoms with E-state index < -0.39 is 0 Å². The van der Waals surface area contributed by atoms with Crippen molar-refractivity contribution in [2.75, 3.05) is 39.0 Å².